The second-order valence-electron chi connectivity index (χ2n) is 13.0. The zero-order valence-corrected chi connectivity index (χ0v) is 22.3. The lowest BCUT2D eigenvalue weighted by Crippen LogP contribution is -2.48. The lowest BCUT2D eigenvalue weighted by atomic mass is 9.48. The van der Waals surface area contributed by atoms with Crippen molar-refractivity contribution in [3.8, 4) is 11.3 Å². The molecule has 3 aromatic carbocycles. The van der Waals surface area contributed by atoms with Crippen LogP contribution in [0.25, 0.3) is 32.8 Å². The summed E-state index contributed by atoms with van der Waals surface area (Å²) < 4.78 is 2.41. The summed E-state index contributed by atoms with van der Waals surface area (Å²) in [5, 5.41) is 6.01. The summed E-state index contributed by atoms with van der Waals surface area (Å²) in [6, 6.07) is 14.7. The van der Waals surface area contributed by atoms with Crippen molar-refractivity contribution in [2.45, 2.75) is 79.9 Å². The van der Waals surface area contributed by atoms with Crippen molar-refractivity contribution in [2.75, 3.05) is 0 Å². The Morgan fingerprint density at radius 3 is 2.47 bits per heavy atom. The summed E-state index contributed by atoms with van der Waals surface area (Å²) in [7, 11) is 2.26. The Bertz CT molecular complexity index is 1610. The van der Waals surface area contributed by atoms with Gasteiger partial charge in [0.05, 0.1) is 10.9 Å². The zero-order valence-electron chi connectivity index (χ0n) is 21.5. The number of pyridine rings is 1. The molecule has 1 nitrogen and oxygen atoms in total. The molecule has 2 heteroatoms. The topological polar surface area (TPSA) is 3.88 Å². The molecular weight excluding hydrogens is 454 g/mol. The smallest absolute Gasteiger partial charge is 0.200 e. The van der Waals surface area contributed by atoms with E-state index in [4.69, 9.17) is 0 Å². The lowest BCUT2D eigenvalue weighted by Gasteiger charge is -2.57. The van der Waals surface area contributed by atoms with Gasteiger partial charge in [-0.25, -0.2) is 4.57 Å². The van der Waals surface area contributed by atoms with Crippen LogP contribution in [0.1, 0.15) is 67.2 Å². The maximum Gasteiger partial charge on any atom is 0.222 e. The van der Waals surface area contributed by atoms with Crippen molar-refractivity contribution in [1.82, 2.24) is 0 Å². The molecule has 0 amide bonds. The largest absolute Gasteiger partial charge is 0.222 e. The quantitative estimate of drug-likeness (QED) is 0.215. The van der Waals surface area contributed by atoms with Crippen molar-refractivity contribution in [1.29, 1.82) is 0 Å². The van der Waals surface area contributed by atoms with Crippen molar-refractivity contribution in [3.63, 3.8) is 0 Å². The fraction of sp³-hybridized carbons (Fsp3) is 0.441. The second-order valence-corrected chi connectivity index (χ2v) is 14.1. The van der Waals surface area contributed by atoms with Gasteiger partial charge in [0.2, 0.25) is 5.69 Å². The SMILES string of the molecule is Cc1c2c(c3c4c(cccc14)CCC3)Sc1cc(C34CC5CC(CC(C5)C3)C4)cc3cc[n+](C)c-2c13. The van der Waals surface area contributed by atoms with Crippen molar-refractivity contribution < 1.29 is 4.57 Å². The second kappa shape index (κ2) is 6.95. The van der Waals surface area contributed by atoms with Crippen LogP contribution in [0, 0.1) is 24.7 Å². The average Bonchev–Trinajstić information content (AvgIpc) is 2.87. The molecule has 0 atom stereocenters. The highest BCUT2D eigenvalue weighted by molar-refractivity contribution is 7.99. The van der Waals surface area contributed by atoms with Gasteiger partial charge < -0.3 is 0 Å². The predicted octanol–water partition coefficient (Wildman–Crippen LogP) is 8.21. The van der Waals surface area contributed by atoms with E-state index in [-0.39, 0.29) is 0 Å². The molecule has 0 unspecified atom stereocenters. The van der Waals surface area contributed by atoms with Gasteiger partial charge in [0.15, 0.2) is 6.20 Å². The number of fused-ring (bicyclic) bond motifs is 3. The van der Waals surface area contributed by atoms with Crippen LogP contribution in [0.3, 0.4) is 0 Å². The van der Waals surface area contributed by atoms with Gasteiger partial charge in [0.25, 0.3) is 0 Å². The molecule has 180 valence electrons. The molecule has 0 spiro atoms. The van der Waals surface area contributed by atoms with Crippen LogP contribution in [-0.2, 0) is 25.3 Å². The molecule has 10 rings (SSSR count). The Hall–Kier alpha value is -2.32. The number of hydrogen-bond acceptors (Lipinski definition) is 1. The summed E-state index contributed by atoms with van der Waals surface area (Å²) in [6.45, 7) is 2.38. The molecule has 0 N–H and O–H groups in total. The minimum absolute atomic E-state index is 0.444. The van der Waals surface area contributed by atoms with Gasteiger partial charge in [-0.1, -0.05) is 36.0 Å². The number of benzene rings is 3. The van der Waals surface area contributed by atoms with E-state index in [2.05, 4.69) is 72.9 Å². The van der Waals surface area contributed by atoms with Gasteiger partial charge in [-0.2, -0.15) is 0 Å². The molecule has 36 heavy (non-hydrogen) atoms. The molecule has 4 fully saturated rings. The van der Waals surface area contributed by atoms with E-state index in [0.29, 0.717) is 5.41 Å². The first-order valence-electron chi connectivity index (χ1n) is 14.3. The van der Waals surface area contributed by atoms with E-state index in [1.165, 1.54) is 95.7 Å². The zero-order chi connectivity index (χ0) is 23.8. The van der Waals surface area contributed by atoms with E-state index in [9.17, 15) is 0 Å². The predicted molar refractivity (Wildman–Crippen MR) is 149 cm³/mol. The van der Waals surface area contributed by atoms with Crippen LogP contribution < -0.4 is 4.57 Å². The van der Waals surface area contributed by atoms with Crippen molar-refractivity contribution in [3.05, 3.63) is 64.8 Å². The third-order valence-electron chi connectivity index (χ3n) is 10.9. The Kier molecular flexibility index (Phi) is 4.00. The third-order valence-corrected chi connectivity index (χ3v) is 12.1. The minimum Gasteiger partial charge on any atom is -0.200 e. The molecule has 2 heterocycles. The van der Waals surface area contributed by atoms with Gasteiger partial charge >= 0.3 is 0 Å². The van der Waals surface area contributed by atoms with Gasteiger partial charge in [-0.15, -0.1) is 0 Å². The standard InChI is InChI=1S/C34H34NS/c1-19-26-7-3-5-23-6-4-8-27(30(23)26)33-29(19)32-31-24(9-10-35(32)2)14-25(15-28(31)36-33)34-16-20-11-21(17-34)13-22(12-20)18-34/h3,5,7,9-10,14-15,20-22H,4,6,8,11-13,16-18H2,1-2H3/q+1. The number of rotatable bonds is 1. The first-order valence-corrected chi connectivity index (χ1v) is 15.1. The van der Waals surface area contributed by atoms with Crippen molar-refractivity contribution in [2.24, 2.45) is 24.8 Å². The molecule has 6 aliphatic rings. The fourth-order valence-corrected chi connectivity index (χ4v) is 11.3. The summed E-state index contributed by atoms with van der Waals surface area (Å²) in [4.78, 5) is 3.08. The lowest BCUT2D eigenvalue weighted by molar-refractivity contribution is -0.659. The van der Waals surface area contributed by atoms with Crippen LogP contribution in [-0.4, -0.2) is 0 Å². The maximum absolute atomic E-state index is 2.67. The van der Waals surface area contributed by atoms with E-state index in [0.717, 1.165) is 17.8 Å². The van der Waals surface area contributed by atoms with Crippen LogP contribution in [0.5, 0.6) is 0 Å². The number of hydrogen-bond donors (Lipinski definition) is 0. The summed E-state index contributed by atoms with van der Waals surface area (Å²) in [5.74, 6) is 2.95. The van der Waals surface area contributed by atoms with E-state index in [1.807, 2.05) is 0 Å². The Labute approximate surface area is 218 Å². The van der Waals surface area contributed by atoms with Crippen molar-refractivity contribution >= 4 is 33.3 Å². The Balaban J connectivity index is 1.33. The molecule has 5 aliphatic carbocycles. The van der Waals surface area contributed by atoms with Crippen LogP contribution in [0.2, 0.25) is 0 Å². The number of aryl methyl sites for hydroxylation is 4. The van der Waals surface area contributed by atoms with Crippen LogP contribution in [0.15, 0.2) is 52.4 Å². The summed E-state index contributed by atoms with van der Waals surface area (Å²) >= 11 is 2.11. The maximum atomic E-state index is 2.67. The molecule has 0 radical (unpaired) electrons. The molecular formula is C34H34NS+. The molecule has 4 aromatic rings. The molecule has 4 saturated carbocycles. The van der Waals surface area contributed by atoms with Crippen LogP contribution >= 0.6 is 11.8 Å². The highest BCUT2D eigenvalue weighted by Crippen LogP contribution is 2.62. The molecule has 1 aromatic heterocycles. The number of nitrogens with zero attached hydrogens (tertiary/aromatic N) is 1. The summed E-state index contributed by atoms with van der Waals surface area (Å²) in [5.41, 5.74) is 9.73. The highest BCUT2D eigenvalue weighted by Gasteiger charge is 2.52. The first-order chi connectivity index (χ1) is 17.6. The fourth-order valence-electron chi connectivity index (χ4n) is 9.87. The van der Waals surface area contributed by atoms with E-state index in [1.54, 1.807) is 27.0 Å². The highest BCUT2D eigenvalue weighted by atomic mass is 32.2. The van der Waals surface area contributed by atoms with E-state index < -0.39 is 0 Å². The minimum atomic E-state index is 0.444. The van der Waals surface area contributed by atoms with E-state index >= 15 is 0 Å². The average molecular weight is 489 g/mol. The van der Waals surface area contributed by atoms with Gasteiger partial charge in [0.1, 0.15) is 7.05 Å². The molecule has 0 saturated heterocycles. The monoisotopic (exact) mass is 488 g/mol. The molecule has 4 bridgehead atoms. The number of aromatic nitrogens is 1. The van der Waals surface area contributed by atoms with Gasteiger partial charge in [-0.3, -0.25) is 0 Å². The normalized spacial score (nSPS) is 29.2. The van der Waals surface area contributed by atoms with Gasteiger partial charge in [-0.05, 0) is 132 Å². The Morgan fingerprint density at radius 2 is 1.69 bits per heavy atom. The summed E-state index contributed by atoms with van der Waals surface area (Å²) in [6.07, 6.45) is 14.9. The Morgan fingerprint density at radius 1 is 0.917 bits per heavy atom. The van der Waals surface area contributed by atoms with Crippen LogP contribution in [0.4, 0.5) is 0 Å². The van der Waals surface area contributed by atoms with Gasteiger partial charge in [0, 0.05) is 15.9 Å². The first kappa shape index (κ1) is 20.7. The third kappa shape index (κ3) is 2.57. The molecule has 1 aliphatic heterocycles.